The van der Waals surface area contributed by atoms with Gasteiger partial charge in [0.1, 0.15) is 23.9 Å². The number of aliphatic hydroxyl groups excluding tert-OH is 2. The van der Waals surface area contributed by atoms with Crippen LogP contribution in [0.3, 0.4) is 0 Å². The summed E-state index contributed by atoms with van der Waals surface area (Å²) in [6.07, 6.45) is -3.21. The molecule has 1 saturated heterocycles. The molecule has 1 aromatic rings. The first-order valence-corrected chi connectivity index (χ1v) is 6.28. The zero-order chi connectivity index (χ0) is 15.6. The number of ether oxygens (including phenoxy) is 2. The molecule has 0 unspecified atom stereocenters. The van der Waals surface area contributed by atoms with Crippen molar-refractivity contribution < 1.29 is 19.7 Å². The van der Waals surface area contributed by atoms with Crippen LogP contribution in [0.5, 0.6) is 0 Å². The van der Waals surface area contributed by atoms with E-state index in [4.69, 9.17) is 9.47 Å². The zero-order valence-corrected chi connectivity index (χ0v) is 11.6. The molecule has 0 bridgehead atoms. The Balaban J connectivity index is 2.42. The molecular weight excluding hydrogens is 280 g/mol. The third-order valence-corrected chi connectivity index (χ3v) is 3.17. The summed E-state index contributed by atoms with van der Waals surface area (Å²) in [6, 6.07) is 0. The van der Waals surface area contributed by atoms with Crippen LogP contribution >= 0.6 is 0 Å². The Hall–Kier alpha value is -1.92. The molecule has 21 heavy (non-hydrogen) atoms. The van der Waals surface area contributed by atoms with Crippen molar-refractivity contribution in [3.8, 4) is 11.8 Å². The normalized spacial score (nSPS) is 28.2. The summed E-state index contributed by atoms with van der Waals surface area (Å²) >= 11 is 0. The van der Waals surface area contributed by atoms with Crippen molar-refractivity contribution in [1.82, 2.24) is 9.55 Å². The molecule has 1 aromatic heterocycles. The number of methoxy groups -OCH3 is 1. The van der Waals surface area contributed by atoms with Gasteiger partial charge >= 0.3 is 5.69 Å². The van der Waals surface area contributed by atoms with Gasteiger partial charge in [0.15, 0.2) is 6.23 Å². The monoisotopic (exact) mass is 296 g/mol. The smallest absolute Gasteiger partial charge is 0.330 e. The summed E-state index contributed by atoms with van der Waals surface area (Å²) in [7, 11) is 1.43. The molecule has 2 rings (SSSR count). The van der Waals surface area contributed by atoms with Crippen LogP contribution in [0.2, 0.25) is 0 Å². The molecule has 2 heterocycles. The van der Waals surface area contributed by atoms with Gasteiger partial charge in [0.25, 0.3) is 5.56 Å². The lowest BCUT2D eigenvalue weighted by Gasteiger charge is -2.17. The summed E-state index contributed by atoms with van der Waals surface area (Å²) in [5.74, 6) is 5.10. The minimum absolute atomic E-state index is 0.0639. The predicted octanol–water partition coefficient (Wildman–Crippen LogP) is -1.83. The Morgan fingerprint density at radius 3 is 2.76 bits per heavy atom. The average molecular weight is 296 g/mol. The van der Waals surface area contributed by atoms with Crippen molar-refractivity contribution in [1.29, 1.82) is 0 Å². The van der Waals surface area contributed by atoms with Gasteiger partial charge in [-0.3, -0.25) is 14.3 Å². The van der Waals surface area contributed by atoms with Crippen LogP contribution in [0.1, 0.15) is 18.7 Å². The first kappa shape index (κ1) is 15.5. The van der Waals surface area contributed by atoms with Gasteiger partial charge in [0, 0.05) is 13.3 Å². The zero-order valence-electron chi connectivity index (χ0n) is 11.6. The second-order valence-electron chi connectivity index (χ2n) is 4.59. The molecule has 0 aliphatic carbocycles. The lowest BCUT2D eigenvalue weighted by molar-refractivity contribution is -0.0614. The van der Waals surface area contributed by atoms with Crippen LogP contribution < -0.4 is 11.2 Å². The number of aliphatic hydroxyl groups is 2. The molecule has 1 aliphatic rings. The fraction of sp³-hybridized carbons (Fsp3) is 0.538. The Morgan fingerprint density at radius 2 is 2.14 bits per heavy atom. The summed E-state index contributed by atoms with van der Waals surface area (Å²) in [5.41, 5.74) is -1.30. The lowest BCUT2D eigenvalue weighted by atomic mass is 10.1. The molecule has 0 spiro atoms. The highest BCUT2D eigenvalue weighted by atomic mass is 16.6. The standard InChI is InChI=1S/C13H16N2O6/c1-3-4-7-5-15(13(19)14-11(7)18)12-10(17)9(16)8(21-12)6-20-2/h5,8-10,12,16-17H,6H2,1-2H3,(H,14,18,19)/t8-,9-,10-,12-/m1/s1. The number of hydrogen-bond donors (Lipinski definition) is 3. The molecule has 114 valence electrons. The van der Waals surface area contributed by atoms with Gasteiger partial charge in [-0.1, -0.05) is 5.92 Å². The number of nitrogens with one attached hydrogen (secondary N) is 1. The third kappa shape index (κ3) is 2.91. The van der Waals surface area contributed by atoms with E-state index in [2.05, 4.69) is 16.8 Å². The van der Waals surface area contributed by atoms with Crippen LogP contribution in [0, 0.1) is 11.8 Å². The fourth-order valence-corrected chi connectivity index (χ4v) is 2.16. The quantitative estimate of drug-likeness (QED) is 0.566. The van der Waals surface area contributed by atoms with Crippen LogP contribution in [0.15, 0.2) is 15.8 Å². The van der Waals surface area contributed by atoms with E-state index in [1.54, 1.807) is 6.92 Å². The summed E-state index contributed by atoms with van der Waals surface area (Å²) in [6.45, 7) is 1.61. The SMILES string of the molecule is CC#Cc1cn([C@@H]2O[C@H](COC)[C@@H](O)[C@H]2O)c(=O)[nH]c1=O. The molecule has 8 heteroatoms. The van der Waals surface area contributed by atoms with E-state index in [1.165, 1.54) is 13.3 Å². The van der Waals surface area contributed by atoms with Crippen molar-refractivity contribution in [2.75, 3.05) is 13.7 Å². The average Bonchev–Trinajstić information content (AvgIpc) is 2.71. The molecule has 0 aromatic carbocycles. The number of H-pyrrole nitrogens is 1. The van der Waals surface area contributed by atoms with Crippen molar-refractivity contribution >= 4 is 0 Å². The first-order valence-electron chi connectivity index (χ1n) is 6.28. The van der Waals surface area contributed by atoms with E-state index in [1.807, 2.05) is 0 Å². The predicted molar refractivity (Wildman–Crippen MR) is 71.7 cm³/mol. The molecule has 0 amide bonds. The third-order valence-electron chi connectivity index (χ3n) is 3.17. The van der Waals surface area contributed by atoms with E-state index in [-0.39, 0.29) is 12.2 Å². The van der Waals surface area contributed by atoms with E-state index >= 15 is 0 Å². The van der Waals surface area contributed by atoms with Crippen molar-refractivity contribution in [3.05, 3.63) is 32.6 Å². The van der Waals surface area contributed by atoms with Crippen LogP contribution in [0.4, 0.5) is 0 Å². The maximum Gasteiger partial charge on any atom is 0.330 e. The van der Waals surface area contributed by atoms with E-state index < -0.39 is 35.8 Å². The second-order valence-corrected chi connectivity index (χ2v) is 4.59. The van der Waals surface area contributed by atoms with Gasteiger partial charge in [-0.05, 0) is 6.92 Å². The minimum Gasteiger partial charge on any atom is -0.387 e. The lowest BCUT2D eigenvalue weighted by Crippen LogP contribution is -2.38. The van der Waals surface area contributed by atoms with Crippen LogP contribution in [-0.4, -0.2) is 51.8 Å². The molecular formula is C13H16N2O6. The molecule has 3 N–H and O–H groups in total. The van der Waals surface area contributed by atoms with Crippen molar-refractivity contribution in [2.45, 2.75) is 31.5 Å². The van der Waals surface area contributed by atoms with E-state index in [9.17, 15) is 19.8 Å². The molecule has 0 radical (unpaired) electrons. The van der Waals surface area contributed by atoms with E-state index in [0.717, 1.165) is 4.57 Å². The highest BCUT2D eigenvalue weighted by molar-refractivity contribution is 5.28. The number of aromatic nitrogens is 2. The molecule has 8 nitrogen and oxygen atoms in total. The van der Waals surface area contributed by atoms with Gasteiger partial charge in [-0.2, -0.15) is 0 Å². The molecule has 1 aliphatic heterocycles. The topological polar surface area (TPSA) is 114 Å². The van der Waals surface area contributed by atoms with Crippen molar-refractivity contribution in [3.63, 3.8) is 0 Å². The summed E-state index contributed by atoms with van der Waals surface area (Å²) < 4.78 is 11.3. The minimum atomic E-state index is -1.32. The highest BCUT2D eigenvalue weighted by Gasteiger charge is 2.44. The Bertz CT molecular complexity index is 682. The number of nitrogens with zero attached hydrogens (tertiary/aromatic N) is 1. The van der Waals surface area contributed by atoms with Gasteiger partial charge in [0.05, 0.1) is 6.61 Å². The Kier molecular flexibility index (Phi) is 4.59. The van der Waals surface area contributed by atoms with Gasteiger partial charge in [-0.25, -0.2) is 4.79 Å². The number of hydrogen-bond acceptors (Lipinski definition) is 6. The molecule has 0 saturated carbocycles. The largest absolute Gasteiger partial charge is 0.387 e. The Labute approximate surface area is 119 Å². The molecule has 1 fully saturated rings. The maximum atomic E-state index is 11.9. The first-order chi connectivity index (χ1) is 9.99. The summed E-state index contributed by atoms with van der Waals surface area (Å²) in [5, 5.41) is 19.9. The molecule has 4 atom stereocenters. The van der Waals surface area contributed by atoms with Gasteiger partial charge in [0.2, 0.25) is 0 Å². The van der Waals surface area contributed by atoms with E-state index in [0.29, 0.717) is 0 Å². The highest BCUT2D eigenvalue weighted by Crippen LogP contribution is 2.28. The van der Waals surface area contributed by atoms with Gasteiger partial charge < -0.3 is 19.7 Å². The second kappa shape index (κ2) is 6.24. The van der Waals surface area contributed by atoms with Crippen molar-refractivity contribution in [2.24, 2.45) is 0 Å². The fourth-order valence-electron chi connectivity index (χ4n) is 2.16. The number of rotatable bonds is 3. The maximum absolute atomic E-state index is 11.9. The Morgan fingerprint density at radius 1 is 1.43 bits per heavy atom. The van der Waals surface area contributed by atoms with Crippen LogP contribution in [-0.2, 0) is 9.47 Å². The van der Waals surface area contributed by atoms with Gasteiger partial charge in [-0.15, -0.1) is 5.92 Å². The van der Waals surface area contributed by atoms with Crippen LogP contribution in [0.25, 0.3) is 0 Å². The number of aromatic amines is 1. The summed E-state index contributed by atoms with van der Waals surface area (Å²) in [4.78, 5) is 25.5.